The van der Waals surface area contributed by atoms with Crippen molar-refractivity contribution in [2.75, 3.05) is 29.8 Å². The Bertz CT molecular complexity index is 852. The number of hydrogen-bond donors (Lipinski definition) is 1. The van der Waals surface area contributed by atoms with Crippen molar-refractivity contribution in [1.82, 2.24) is 0 Å². The summed E-state index contributed by atoms with van der Waals surface area (Å²) in [6.45, 7) is 3.20. The SMILES string of the molecule is Cc1ccc(NS(=O)(=O)c2ccc3c(c2)N(C)CCO3)c(Cl)c1. The van der Waals surface area contributed by atoms with Crippen LogP contribution in [0.1, 0.15) is 5.56 Å². The number of halogens is 1. The lowest BCUT2D eigenvalue weighted by Gasteiger charge is -2.28. The summed E-state index contributed by atoms with van der Waals surface area (Å²) in [6.07, 6.45) is 0. The molecule has 23 heavy (non-hydrogen) atoms. The van der Waals surface area contributed by atoms with E-state index in [4.69, 9.17) is 16.3 Å². The lowest BCUT2D eigenvalue weighted by molar-refractivity contribution is 0.311. The van der Waals surface area contributed by atoms with Gasteiger partial charge in [-0.3, -0.25) is 4.72 Å². The maximum absolute atomic E-state index is 12.6. The van der Waals surface area contributed by atoms with Crippen molar-refractivity contribution in [3.8, 4) is 5.75 Å². The number of benzene rings is 2. The fourth-order valence-corrected chi connectivity index (χ4v) is 3.84. The first kappa shape index (κ1) is 16.0. The van der Waals surface area contributed by atoms with Gasteiger partial charge in [-0.15, -0.1) is 0 Å². The van der Waals surface area contributed by atoms with Crippen molar-refractivity contribution in [3.05, 3.63) is 47.0 Å². The molecule has 0 aromatic heterocycles. The standard InChI is InChI=1S/C16H17ClN2O3S/c1-11-3-5-14(13(17)9-11)18-23(20,21)12-4-6-16-15(10-12)19(2)7-8-22-16/h3-6,9-10,18H,7-8H2,1-2H3. The van der Waals surface area contributed by atoms with E-state index in [1.165, 1.54) is 6.07 Å². The molecule has 2 aromatic rings. The van der Waals surface area contributed by atoms with Gasteiger partial charge in [0.25, 0.3) is 10.0 Å². The molecular formula is C16H17ClN2O3S. The summed E-state index contributed by atoms with van der Waals surface area (Å²) in [6, 6.07) is 9.99. The zero-order valence-corrected chi connectivity index (χ0v) is 14.4. The van der Waals surface area contributed by atoms with Crippen LogP contribution in [0.15, 0.2) is 41.3 Å². The van der Waals surface area contributed by atoms with Crippen LogP contribution in [0.5, 0.6) is 5.75 Å². The topological polar surface area (TPSA) is 58.6 Å². The molecule has 0 fully saturated rings. The molecule has 122 valence electrons. The number of hydrogen-bond acceptors (Lipinski definition) is 4. The molecule has 5 nitrogen and oxygen atoms in total. The molecule has 7 heteroatoms. The van der Waals surface area contributed by atoms with Crippen molar-refractivity contribution < 1.29 is 13.2 Å². The number of aryl methyl sites for hydroxylation is 1. The van der Waals surface area contributed by atoms with E-state index in [2.05, 4.69) is 4.72 Å². The van der Waals surface area contributed by atoms with E-state index >= 15 is 0 Å². The number of ether oxygens (including phenoxy) is 1. The molecule has 0 saturated heterocycles. The average molecular weight is 353 g/mol. The Kier molecular flexibility index (Phi) is 4.12. The Morgan fingerprint density at radius 3 is 2.74 bits per heavy atom. The van der Waals surface area contributed by atoms with Crippen molar-refractivity contribution >= 4 is 33.0 Å². The zero-order chi connectivity index (χ0) is 16.6. The second-order valence-electron chi connectivity index (χ2n) is 5.49. The van der Waals surface area contributed by atoms with E-state index in [0.29, 0.717) is 29.6 Å². The summed E-state index contributed by atoms with van der Waals surface area (Å²) in [5.74, 6) is 0.686. The third kappa shape index (κ3) is 3.23. The molecule has 2 aromatic carbocycles. The summed E-state index contributed by atoms with van der Waals surface area (Å²) in [4.78, 5) is 2.14. The maximum Gasteiger partial charge on any atom is 0.262 e. The number of sulfonamides is 1. The Labute approximate surface area is 140 Å². The highest BCUT2D eigenvalue weighted by Gasteiger charge is 2.21. The molecule has 1 aliphatic heterocycles. The minimum atomic E-state index is -3.72. The van der Waals surface area contributed by atoms with Crippen molar-refractivity contribution in [2.45, 2.75) is 11.8 Å². The molecule has 1 heterocycles. The third-order valence-corrected chi connectivity index (χ3v) is 5.38. The summed E-state index contributed by atoms with van der Waals surface area (Å²) in [5.41, 5.74) is 2.08. The lowest BCUT2D eigenvalue weighted by Crippen LogP contribution is -2.29. The normalized spacial score (nSPS) is 14.1. The van der Waals surface area contributed by atoms with E-state index in [1.807, 2.05) is 18.9 Å². The van der Waals surface area contributed by atoms with Gasteiger partial charge in [-0.1, -0.05) is 17.7 Å². The number of likely N-dealkylation sites (N-methyl/N-ethyl adjacent to an activating group) is 1. The summed E-state index contributed by atoms with van der Waals surface area (Å²) >= 11 is 6.11. The largest absolute Gasteiger partial charge is 0.490 e. The van der Waals surface area contributed by atoms with Crippen LogP contribution in [0.4, 0.5) is 11.4 Å². The van der Waals surface area contributed by atoms with Gasteiger partial charge in [0.2, 0.25) is 0 Å². The fourth-order valence-electron chi connectivity index (χ4n) is 2.40. The first-order chi connectivity index (χ1) is 10.9. The van der Waals surface area contributed by atoms with E-state index in [-0.39, 0.29) is 4.90 Å². The molecule has 0 spiro atoms. The second kappa shape index (κ2) is 5.94. The highest BCUT2D eigenvalue weighted by molar-refractivity contribution is 7.92. The van der Waals surface area contributed by atoms with Crippen LogP contribution in [0.25, 0.3) is 0 Å². The third-order valence-electron chi connectivity index (χ3n) is 3.71. The number of rotatable bonds is 3. The molecule has 0 amide bonds. The number of nitrogens with one attached hydrogen (secondary N) is 1. The van der Waals surface area contributed by atoms with Crippen molar-refractivity contribution in [2.24, 2.45) is 0 Å². The average Bonchev–Trinajstić information content (AvgIpc) is 2.50. The van der Waals surface area contributed by atoms with E-state index in [0.717, 1.165) is 11.3 Å². The molecule has 0 atom stereocenters. The van der Waals surface area contributed by atoms with Gasteiger partial charge in [0.15, 0.2) is 0 Å². The highest BCUT2D eigenvalue weighted by Crippen LogP contribution is 2.34. The molecule has 3 rings (SSSR count). The van der Waals surface area contributed by atoms with Crippen LogP contribution < -0.4 is 14.4 Å². The lowest BCUT2D eigenvalue weighted by atomic mass is 10.2. The molecule has 0 bridgehead atoms. The quantitative estimate of drug-likeness (QED) is 0.921. The van der Waals surface area contributed by atoms with Gasteiger partial charge < -0.3 is 9.64 Å². The van der Waals surface area contributed by atoms with Crippen molar-refractivity contribution in [1.29, 1.82) is 0 Å². The Hall–Kier alpha value is -1.92. The van der Waals surface area contributed by atoms with Gasteiger partial charge in [-0.2, -0.15) is 0 Å². The molecule has 0 radical (unpaired) electrons. The maximum atomic E-state index is 12.6. The highest BCUT2D eigenvalue weighted by atomic mass is 35.5. The number of fused-ring (bicyclic) bond motifs is 1. The van der Waals surface area contributed by atoms with Crippen LogP contribution in [-0.2, 0) is 10.0 Å². The molecule has 0 aliphatic carbocycles. The van der Waals surface area contributed by atoms with Gasteiger partial charge in [-0.05, 0) is 42.8 Å². The predicted molar refractivity (Wildman–Crippen MR) is 92.2 cm³/mol. The number of nitrogens with zero attached hydrogens (tertiary/aromatic N) is 1. The van der Waals surface area contributed by atoms with Gasteiger partial charge in [0.05, 0.1) is 27.8 Å². The van der Waals surface area contributed by atoms with E-state index in [1.54, 1.807) is 30.3 Å². The van der Waals surface area contributed by atoms with E-state index < -0.39 is 10.0 Å². The summed E-state index contributed by atoms with van der Waals surface area (Å²) in [5, 5.41) is 0.368. The summed E-state index contributed by atoms with van der Waals surface area (Å²) in [7, 11) is -1.82. The smallest absolute Gasteiger partial charge is 0.262 e. The monoisotopic (exact) mass is 352 g/mol. The molecular weight excluding hydrogens is 336 g/mol. The van der Waals surface area contributed by atoms with Crippen molar-refractivity contribution in [3.63, 3.8) is 0 Å². The fraction of sp³-hybridized carbons (Fsp3) is 0.250. The second-order valence-corrected chi connectivity index (χ2v) is 7.58. The Morgan fingerprint density at radius 1 is 1.22 bits per heavy atom. The first-order valence-electron chi connectivity index (χ1n) is 7.14. The number of anilines is 2. The van der Waals surface area contributed by atoms with E-state index in [9.17, 15) is 8.42 Å². The van der Waals surface area contributed by atoms with Crippen LogP contribution in [0.3, 0.4) is 0 Å². The van der Waals surface area contributed by atoms with Crippen LogP contribution >= 0.6 is 11.6 Å². The zero-order valence-electron chi connectivity index (χ0n) is 12.8. The minimum Gasteiger partial charge on any atom is -0.490 e. The Morgan fingerprint density at radius 2 is 2.00 bits per heavy atom. The van der Waals surface area contributed by atoms with Gasteiger partial charge in [-0.25, -0.2) is 8.42 Å². The van der Waals surface area contributed by atoms with Gasteiger partial charge >= 0.3 is 0 Å². The Balaban J connectivity index is 1.95. The van der Waals surface area contributed by atoms with Gasteiger partial charge in [0.1, 0.15) is 12.4 Å². The van der Waals surface area contributed by atoms with Gasteiger partial charge in [0, 0.05) is 7.05 Å². The molecule has 1 aliphatic rings. The minimum absolute atomic E-state index is 0.172. The molecule has 1 N–H and O–H groups in total. The summed E-state index contributed by atoms with van der Waals surface area (Å²) < 4.78 is 33.3. The van der Waals surface area contributed by atoms with Crippen LogP contribution in [0.2, 0.25) is 5.02 Å². The van der Waals surface area contributed by atoms with Crippen LogP contribution in [-0.4, -0.2) is 28.6 Å². The predicted octanol–water partition coefficient (Wildman–Crippen LogP) is 3.28. The van der Waals surface area contributed by atoms with Crippen LogP contribution in [0, 0.1) is 6.92 Å². The first-order valence-corrected chi connectivity index (χ1v) is 9.00. The molecule has 0 unspecified atom stereocenters. The molecule has 0 saturated carbocycles.